The minimum Gasteiger partial charge on any atom is -0.510 e. The van der Waals surface area contributed by atoms with E-state index >= 15 is 0 Å². The van der Waals surface area contributed by atoms with Crippen LogP contribution in [0.4, 0.5) is 0 Å². The Labute approximate surface area is 77.2 Å². The Morgan fingerprint density at radius 2 is 2.31 bits per heavy atom. The second kappa shape index (κ2) is 4.41. The fourth-order valence-electron chi connectivity index (χ4n) is 1.27. The second-order valence-electron chi connectivity index (χ2n) is 3.13. The van der Waals surface area contributed by atoms with Gasteiger partial charge in [0.05, 0.1) is 6.10 Å². The van der Waals surface area contributed by atoms with Crippen molar-refractivity contribution in [3.8, 4) is 0 Å². The molecule has 0 spiro atoms. The van der Waals surface area contributed by atoms with E-state index in [0.717, 1.165) is 5.57 Å². The van der Waals surface area contributed by atoms with Crippen molar-refractivity contribution in [2.24, 2.45) is 0 Å². The van der Waals surface area contributed by atoms with Gasteiger partial charge in [0.2, 0.25) is 0 Å². The largest absolute Gasteiger partial charge is 0.510 e. The molecule has 1 aliphatic carbocycles. The van der Waals surface area contributed by atoms with Crippen LogP contribution >= 0.6 is 0 Å². The van der Waals surface area contributed by atoms with Crippen molar-refractivity contribution < 1.29 is 15.3 Å². The Bertz CT molecular complexity index is 235. The Morgan fingerprint density at radius 3 is 2.85 bits per heavy atom. The van der Waals surface area contributed by atoms with Crippen molar-refractivity contribution in [3.63, 3.8) is 0 Å². The van der Waals surface area contributed by atoms with E-state index in [1.54, 1.807) is 13.1 Å². The summed E-state index contributed by atoms with van der Waals surface area (Å²) in [6, 6.07) is 0. The molecule has 0 aromatic rings. The Balaban J connectivity index is 2.62. The number of hydrogen-bond acceptors (Lipinski definition) is 4. The first kappa shape index (κ1) is 10.2. The first-order chi connectivity index (χ1) is 6.15. The number of allylic oxidation sites excluding steroid dienone is 2. The van der Waals surface area contributed by atoms with Crippen LogP contribution in [0.1, 0.15) is 6.42 Å². The smallest absolute Gasteiger partial charge is 0.121 e. The van der Waals surface area contributed by atoms with Gasteiger partial charge >= 0.3 is 0 Å². The van der Waals surface area contributed by atoms with Gasteiger partial charge in [0.15, 0.2) is 0 Å². The van der Waals surface area contributed by atoms with Gasteiger partial charge in [0, 0.05) is 13.0 Å². The summed E-state index contributed by atoms with van der Waals surface area (Å²) in [5.74, 6) is -0.0413. The molecule has 0 amide bonds. The minimum atomic E-state index is -0.869. The van der Waals surface area contributed by atoms with Crippen LogP contribution in [-0.2, 0) is 0 Å². The zero-order chi connectivity index (χ0) is 9.84. The predicted octanol–water partition coefficient (Wildman–Crippen LogP) is -0.300. The summed E-state index contributed by atoms with van der Waals surface area (Å²) < 4.78 is 0. The van der Waals surface area contributed by atoms with Crippen LogP contribution < -0.4 is 5.32 Å². The van der Waals surface area contributed by atoms with Crippen LogP contribution in [0.25, 0.3) is 0 Å². The molecule has 74 valence electrons. The van der Waals surface area contributed by atoms with Crippen molar-refractivity contribution >= 4 is 0 Å². The Morgan fingerprint density at radius 1 is 1.62 bits per heavy atom. The van der Waals surface area contributed by atoms with Crippen molar-refractivity contribution in [2.45, 2.75) is 18.6 Å². The molecule has 13 heavy (non-hydrogen) atoms. The molecule has 1 rings (SSSR count). The number of aliphatic hydroxyl groups is 3. The van der Waals surface area contributed by atoms with Gasteiger partial charge < -0.3 is 20.6 Å². The minimum absolute atomic E-state index is 0.0413. The highest BCUT2D eigenvalue weighted by Crippen LogP contribution is 2.19. The summed E-state index contributed by atoms with van der Waals surface area (Å²) >= 11 is 0. The van der Waals surface area contributed by atoms with E-state index < -0.39 is 12.2 Å². The molecule has 0 radical (unpaired) electrons. The number of aliphatic hydroxyl groups excluding tert-OH is 3. The summed E-state index contributed by atoms with van der Waals surface area (Å²) in [6.07, 6.45) is 1.90. The van der Waals surface area contributed by atoms with Crippen LogP contribution in [0.15, 0.2) is 23.5 Å². The molecule has 0 heterocycles. The van der Waals surface area contributed by atoms with Crippen molar-refractivity contribution in [3.05, 3.63) is 23.5 Å². The van der Waals surface area contributed by atoms with Gasteiger partial charge in [-0.15, -0.1) is 0 Å². The number of rotatable bonds is 3. The SMILES string of the molecule is CNCC(O)C1=CC=C(O)C(O)C1. The van der Waals surface area contributed by atoms with E-state index in [0.29, 0.717) is 13.0 Å². The maximum absolute atomic E-state index is 9.53. The third-order valence-corrected chi connectivity index (χ3v) is 2.06. The lowest BCUT2D eigenvalue weighted by Gasteiger charge is -2.20. The molecular weight excluding hydrogens is 170 g/mol. The fraction of sp³-hybridized carbons (Fsp3) is 0.556. The summed E-state index contributed by atoms with van der Waals surface area (Å²) in [4.78, 5) is 0. The average Bonchev–Trinajstić information content (AvgIpc) is 2.10. The third kappa shape index (κ3) is 2.55. The highest BCUT2D eigenvalue weighted by Gasteiger charge is 2.19. The zero-order valence-electron chi connectivity index (χ0n) is 7.57. The Hall–Kier alpha value is -0.840. The third-order valence-electron chi connectivity index (χ3n) is 2.06. The van der Waals surface area contributed by atoms with Crippen LogP contribution in [0.2, 0.25) is 0 Å². The maximum Gasteiger partial charge on any atom is 0.121 e. The monoisotopic (exact) mass is 185 g/mol. The number of likely N-dealkylation sites (N-methyl/N-ethyl adjacent to an activating group) is 1. The Kier molecular flexibility index (Phi) is 3.48. The lowest BCUT2D eigenvalue weighted by Crippen LogP contribution is -2.28. The van der Waals surface area contributed by atoms with E-state index in [9.17, 15) is 10.2 Å². The molecule has 2 atom stereocenters. The summed E-state index contributed by atoms with van der Waals surface area (Å²) in [5, 5.41) is 30.7. The average molecular weight is 185 g/mol. The molecule has 0 bridgehead atoms. The number of hydrogen-bond donors (Lipinski definition) is 4. The van der Waals surface area contributed by atoms with Crippen molar-refractivity contribution in [1.82, 2.24) is 5.32 Å². The van der Waals surface area contributed by atoms with Gasteiger partial charge in [-0.2, -0.15) is 0 Å². The van der Waals surface area contributed by atoms with Gasteiger partial charge in [0.25, 0.3) is 0 Å². The van der Waals surface area contributed by atoms with Gasteiger partial charge in [-0.1, -0.05) is 6.08 Å². The molecule has 0 fully saturated rings. The predicted molar refractivity (Wildman–Crippen MR) is 49.4 cm³/mol. The van der Waals surface area contributed by atoms with E-state index in [-0.39, 0.29) is 5.76 Å². The fourth-order valence-corrected chi connectivity index (χ4v) is 1.27. The van der Waals surface area contributed by atoms with Gasteiger partial charge in [0.1, 0.15) is 11.9 Å². The zero-order valence-corrected chi connectivity index (χ0v) is 7.57. The molecule has 4 N–H and O–H groups in total. The lowest BCUT2D eigenvalue weighted by atomic mass is 9.97. The summed E-state index contributed by atoms with van der Waals surface area (Å²) in [6.45, 7) is 0.452. The second-order valence-corrected chi connectivity index (χ2v) is 3.13. The first-order valence-electron chi connectivity index (χ1n) is 4.25. The summed E-state index contributed by atoms with van der Waals surface area (Å²) in [5.41, 5.74) is 0.736. The maximum atomic E-state index is 9.53. The van der Waals surface area contributed by atoms with E-state index in [4.69, 9.17) is 5.11 Å². The van der Waals surface area contributed by atoms with E-state index in [1.807, 2.05) is 0 Å². The molecule has 4 nitrogen and oxygen atoms in total. The molecule has 1 aliphatic rings. The molecule has 0 saturated heterocycles. The first-order valence-corrected chi connectivity index (χ1v) is 4.25. The van der Waals surface area contributed by atoms with Gasteiger partial charge in [-0.25, -0.2) is 0 Å². The normalized spacial score (nSPS) is 25.0. The highest BCUT2D eigenvalue weighted by molar-refractivity contribution is 5.26. The quantitative estimate of drug-likeness (QED) is 0.487. The van der Waals surface area contributed by atoms with Crippen LogP contribution in [0.3, 0.4) is 0 Å². The highest BCUT2D eigenvalue weighted by atomic mass is 16.3. The molecule has 2 unspecified atom stereocenters. The van der Waals surface area contributed by atoms with E-state index in [1.165, 1.54) is 6.08 Å². The molecule has 4 heteroatoms. The standard InChI is InChI=1S/C9H15NO3/c1-10-5-9(13)6-2-3-7(11)8(12)4-6/h2-3,8-13H,4-5H2,1H3. The van der Waals surface area contributed by atoms with Crippen LogP contribution in [0, 0.1) is 0 Å². The molecule has 0 saturated carbocycles. The molecule has 0 aliphatic heterocycles. The lowest BCUT2D eigenvalue weighted by molar-refractivity contribution is 0.134. The van der Waals surface area contributed by atoms with E-state index in [2.05, 4.69) is 5.32 Å². The van der Waals surface area contributed by atoms with Crippen LogP contribution in [-0.4, -0.2) is 41.1 Å². The molecule has 0 aromatic heterocycles. The van der Waals surface area contributed by atoms with Crippen LogP contribution in [0.5, 0.6) is 0 Å². The van der Waals surface area contributed by atoms with Gasteiger partial charge in [-0.3, -0.25) is 0 Å². The topological polar surface area (TPSA) is 72.7 Å². The van der Waals surface area contributed by atoms with Gasteiger partial charge in [-0.05, 0) is 18.7 Å². The van der Waals surface area contributed by atoms with Crippen molar-refractivity contribution in [2.75, 3.05) is 13.6 Å². The summed E-state index contributed by atoms with van der Waals surface area (Å²) in [7, 11) is 1.75. The molecular formula is C9H15NO3. The van der Waals surface area contributed by atoms with Crippen molar-refractivity contribution in [1.29, 1.82) is 0 Å². The number of nitrogens with one attached hydrogen (secondary N) is 1. The molecule has 0 aromatic carbocycles.